The Bertz CT molecular complexity index is 107. The van der Waals surface area contributed by atoms with Gasteiger partial charge in [-0.15, -0.1) is 6.58 Å². The Morgan fingerprint density at radius 3 is 2.33 bits per heavy atom. The molecule has 1 atom stereocenters. The lowest BCUT2D eigenvalue weighted by Gasteiger charge is -2.17. The normalized spacial score (nSPS) is 16.2. The molecular formula is C8H14O. The van der Waals surface area contributed by atoms with Crippen LogP contribution in [0.15, 0.2) is 12.7 Å². The zero-order chi connectivity index (χ0) is 7.33. The summed E-state index contributed by atoms with van der Waals surface area (Å²) in [7, 11) is 0. The van der Waals surface area contributed by atoms with E-state index in [1.165, 1.54) is 0 Å². The van der Waals surface area contributed by atoms with Crippen LogP contribution in [0.25, 0.3) is 0 Å². The minimum absolute atomic E-state index is 0.165. The Balaban J connectivity index is 3.90. The Labute approximate surface area is 56.8 Å². The first-order chi connectivity index (χ1) is 4.18. The van der Waals surface area contributed by atoms with Gasteiger partial charge in [-0.2, -0.15) is 0 Å². The largest absolute Gasteiger partial charge is 0.303 e. The second-order valence-corrected chi connectivity index (χ2v) is 2.62. The van der Waals surface area contributed by atoms with Gasteiger partial charge in [0.2, 0.25) is 0 Å². The Kier molecular flexibility index (Phi) is 3.21. The summed E-state index contributed by atoms with van der Waals surface area (Å²) in [5.74, 6) is 0. The Hall–Kier alpha value is -0.590. The second-order valence-electron chi connectivity index (χ2n) is 2.62. The van der Waals surface area contributed by atoms with Crippen molar-refractivity contribution < 1.29 is 4.79 Å². The zero-order valence-electron chi connectivity index (χ0n) is 6.18. The molecule has 0 aromatic rings. The van der Waals surface area contributed by atoms with E-state index in [-0.39, 0.29) is 5.41 Å². The fourth-order valence-corrected chi connectivity index (χ4v) is 0.606. The van der Waals surface area contributed by atoms with Gasteiger partial charge >= 0.3 is 0 Å². The number of rotatable bonds is 4. The van der Waals surface area contributed by atoms with Crippen LogP contribution in [0.5, 0.6) is 0 Å². The first-order valence-corrected chi connectivity index (χ1v) is 3.26. The highest BCUT2D eigenvalue weighted by Gasteiger charge is 2.17. The maximum absolute atomic E-state index is 10.4. The van der Waals surface area contributed by atoms with E-state index in [0.29, 0.717) is 0 Å². The van der Waals surface area contributed by atoms with E-state index < -0.39 is 0 Å². The van der Waals surface area contributed by atoms with Gasteiger partial charge in [-0.1, -0.05) is 19.9 Å². The quantitative estimate of drug-likeness (QED) is 0.417. The van der Waals surface area contributed by atoms with E-state index in [2.05, 4.69) is 6.58 Å². The standard InChI is InChI=1S/C8H14O/c1-4-6-8(3,5-2)7-9/h4,7H,1,5-6H2,2-3H3/t8-/m1/s1. The van der Waals surface area contributed by atoms with E-state index in [4.69, 9.17) is 0 Å². The predicted octanol–water partition coefficient (Wildman–Crippen LogP) is 2.18. The van der Waals surface area contributed by atoms with E-state index in [0.717, 1.165) is 19.1 Å². The SMILES string of the molecule is C=CC[C@](C)(C=O)CC. The highest BCUT2D eigenvalue weighted by Crippen LogP contribution is 2.22. The van der Waals surface area contributed by atoms with Crippen molar-refractivity contribution in [3.63, 3.8) is 0 Å². The molecule has 0 saturated heterocycles. The molecule has 9 heavy (non-hydrogen) atoms. The van der Waals surface area contributed by atoms with Crippen LogP contribution in [0.2, 0.25) is 0 Å². The van der Waals surface area contributed by atoms with Crippen LogP contribution >= 0.6 is 0 Å². The summed E-state index contributed by atoms with van der Waals surface area (Å²) in [5.41, 5.74) is -0.165. The van der Waals surface area contributed by atoms with E-state index in [1.807, 2.05) is 13.8 Å². The molecule has 1 nitrogen and oxygen atoms in total. The van der Waals surface area contributed by atoms with Crippen molar-refractivity contribution in [2.75, 3.05) is 0 Å². The summed E-state index contributed by atoms with van der Waals surface area (Å²) in [6.07, 6.45) is 4.47. The van der Waals surface area contributed by atoms with E-state index in [9.17, 15) is 4.79 Å². The summed E-state index contributed by atoms with van der Waals surface area (Å²) in [6.45, 7) is 7.54. The number of carbonyl (C=O) groups is 1. The van der Waals surface area contributed by atoms with Crippen molar-refractivity contribution in [2.45, 2.75) is 26.7 Å². The van der Waals surface area contributed by atoms with E-state index in [1.54, 1.807) is 6.08 Å². The molecule has 1 heteroatoms. The maximum atomic E-state index is 10.4. The number of aldehydes is 1. The molecule has 0 unspecified atom stereocenters. The fraction of sp³-hybridized carbons (Fsp3) is 0.625. The second kappa shape index (κ2) is 3.44. The van der Waals surface area contributed by atoms with Crippen molar-refractivity contribution in [3.8, 4) is 0 Å². The van der Waals surface area contributed by atoms with Gasteiger partial charge in [-0.25, -0.2) is 0 Å². The lowest BCUT2D eigenvalue weighted by atomic mass is 9.86. The average Bonchev–Trinajstić information content (AvgIpc) is 1.89. The molecule has 0 N–H and O–H groups in total. The van der Waals surface area contributed by atoms with Crippen LogP contribution in [0.4, 0.5) is 0 Å². The zero-order valence-corrected chi connectivity index (χ0v) is 6.18. The van der Waals surface area contributed by atoms with Crippen LogP contribution in [-0.2, 0) is 4.79 Å². The molecular weight excluding hydrogens is 112 g/mol. The number of hydrogen-bond donors (Lipinski definition) is 0. The van der Waals surface area contributed by atoms with Crippen LogP contribution < -0.4 is 0 Å². The molecule has 0 aromatic heterocycles. The third-order valence-corrected chi connectivity index (χ3v) is 1.70. The molecule has 0 saturated carbocycles. The van der Waals surface area contributed by atoms with Crippen molar-refractivity contribution >= 4 is 6.29 Å². The highest BCUT2D eigenvalue weighted by molar-refractivity contribution is 5.58. The van der Waals surface area contributed by atoms with Crippen LogP contribution in [0.1, 0.15) is 26.7 Å². The lowest BCUT2D eigenvalue weighted by molar-refractivity contribution is -0.115. The summed E-state index contributed by atoms with van der Waals surface area (Å²) in [6, 6.07) is 0. The van der Waals surface area contributed by atoms with Gasteiger partial charge in [0.15, 0.2) is 0 Å². The van der Waals surface area contributed by atoms with E-state index >= 15 is 0 Å². The number of allylic oxidation sites excluding steroid dienone is 1. The molecule has 0 aliphatic heterocycles. The summed E-state index contributed by atoms with van der Waals surface area (Å²) < 4.78 is 0. The van der Waals surface area contributed by atoms with Gasteiger partial charge in [0.25, 0.3) is 0 Å². The van der Waals surface area contributed by atoms with Crippen molar-refractivity contribution in [3.05, 3.63) is 12.7 Å². The summed E-state index contributed by atoms with van der Waals surface area (Å²) in [4.78, 5) is 10.4. The molecule has 0 rings (SSSR count). The molecule has 0 aromatic carbocycles. The topological polar surface area (TPSA) is 17.1 Å². The minimum atomic E-state index is -0.165. The van der Waals surface area contributed by atoms with Crippen LogP contribution in [0, 0.1) is 5.41 Å². The minimum Gasteiger partial charge on any atom is -0.303 e. The van der Waals surface area contributed by atoms with Gasteiger partial charge in [-0.05, 0) is 12.8 Å². The van der Waals surface area contributed by atoms with Gasteiger partial charge in [-0.3, -0.25) is 0 Å². The Morgan fingerprint density at radius 2 is 2.22 bits per heavy atom. The number of hydrogen-bond acceptors (Lipinski definition) is 1. The summed E-state index contributed by atoms with van der Waals surface area (Å²) >= 11 is 0. The predicted molar refractivity (Wildman–Crippen MR) is 39.3 cm³/mol. The lowest BCUT2D eigenvalue weighted by Crippen LogP contribution is -2.15. The van der Waals surface area contributed by atoms with Gasteiger partial charge in [0, 0.05) is 5.41 Å². The molecule has 0 radical (unpaired) electrons. The summed E-state index contributed by atoms with van der Waals surface area (Å²) in [5, 5.41) is 0. The molecule has 0 aliphatic rings. The van der Waals surface area contributed by atoms with Crippen molar-refractivity contribution in [1.29, 1.82) is 0 Å². The first-order valence-electron chi connectivity index (χ1n) is 3.26. The first kappa shape index (κ1) is 8.41. The monoisotopic (exact) mass is 126 g/mol. The maximum Gasteiger partial charge on any atom is 0.126 e. The smallest absolute Gasteiger partial charge is 0.126 e. The average molecular weight is 126 g/mol. The van der Waals surface area contributed by atoms with Crippen molar-refractivity contribution in [1.82, 2.24) is 0 Å². The van der Waals surface area contributed by atoms with Gasteiger partial charge in [0.05, 0.1) is 0 Å². The van der Waals surface area contributed by atoms with Gasteiger partial charge in [0.1, 0.15) is 6.29 Å². The molecule has 0 spiro atoms. The highest BCUT2D eigenvalue weighted by atomic mass is 16.1. The fourth-order valence-electron chi connectivity index (χ4n) is 0.606. The van der Waals surface area contributed by atoms with Crippen LogP contribution in [0.3, 0.4) is 0 Å². The van der Waals surface area contributed by atoms with Gasteiger partial charge < -0.3 is 4.79 Å². The molecule has 52 valence electrons. The molecule has 0 heterocycles. The molecule has 0 aliphatic carbocycles. The third kappa shape index (κ3) is 2.45. The van der Waals surface area contributed by atoms with Crippen molar-refractivity contribution in [2.24, 2.45) is 5.41 Å². The van der Waals surface area contributed by atoms with Crippen LogP contribution in [-0.4, -0.2) is 6.29 Å². The Morgan fingerprint density at radius 1 is 1.67 bits per heavy atom. The number of carbonyl (C=O) groups excluding carboxylic acids is 1. The third-order valence-electron chi connectivity index (χ3n) is 1.70. The molecule has 0 fully saturated rings. The molecule has 0 amide bonds. The molecule has 0 bridgehead atoms.